The maximum atomic E-state index is 12.5. The van der Waals surface area contributed by atoms with Crippen LogP contribution in [0.25, 0.3) is 5.65 Å². The number of aromatic nitrogens is 2. The van der Waals surface area contributed by atoms with E-state index in [2.05, 4.69) is 10.3 Å². The normalized spacial score (nSPS) is 13.8. The number of hydrogen-bond acceptors (Lipinski definition) is 5. The van der Waals surface area contributed by atoms with Crippen molar-refractivity contribution >= 4 is 34.5 Å². The summed E-state index contributed by atoms with van der Waals surface area (Å²) in [5, 5.41) is 14.8. The average Bonchev–Trinajstić information content (AvgIpc) is 3.34. The van der Waals surface area contributed by atoms with E-state index in [1.165, 1.54) is 6.07 Å². The molecule has 0 saturated carbocycles. The van der Waals surface area contributed by atoms with Gasteiger partial charge in [0.15, 0.2) is 0 Å². The summed E-state index contributed by atoms with van der Waals surface area (Å²) in [6.07, 6.45) is 5.54. The molecule has 1 N–H and O–H groups in total. The number of carbonyl (C=O) groups is 1. The van der Waals surface area contributed by atoms with Gasteiger partial charge in [-0.05, 0) is 37.1 Å². The molecular weight excluding hydrogens is 382 g/mol. The lowest BCUT2D eigenvalue weighted by molar-refractivity contribution is -0.384. The zero-order chi connectivity index (χ0) is 19.7. The van der Waals surface area contributed by atoms with Gasteiger partial charge in [0, 0.05) is 37.1 Å². The molecule has 1 aliphatic heterocycles. The number of carbonyl (C=O) groups excluding carboxylic acids is 1. The lowest BCUT2D eigenvalue weighted by Gasteiger charge is -2.17. The van der Waals surface area contributed by atoms with Crippen LogP contribution in [0.1, 0.15) is 28.9 Å². The molecule has 0 atom stereocenters. The van der Waals surface area contributed by atoms with Crippen LogP contribution in [0.15, 0.2) is 42.7 Å². The summed E-state index contributed by atoms with van der Waals surface area (Å²) in [5.74, 6) is -0.383. The first-order valence-corrected chi connectivity index (χ1v) is 9.34. The Balaban J connectivity index is 1.50. The first kappa shape index (κ1) is 18.2. The first-order valence-electron chi connectivity index (χ1n) is 8.96. The molecule has 0 bridgehead atoms. The van der Waals surface area contributed by atoms with E-state index < -0.39 is 4.92 Å². The minimum atomic E-state index is -0.434. The Kier molecular flexibility index (Phi) is 4.87. The molecule has 2 aromatic heterocycles. The number of halogens is 1. The molecular formula is C19H18ClN5O3. The van der Waals surface area contributed by atoms with E-state index in [9.17, 15) is 14.9 Å². The van der Waals surface area contributed by atoms with Gasteiger partial charge >= 0.3 is 0 Å². The lowest BCUT2D eigenvalue weighted by Crippen LogP contribution is -2.24. The van der Waals surface area contributed by atoms with Crippen LogP contribution in [0, 0.1) is 10.1 Å². The zero-order valence-electron chi connectivity index (χ0n) is 15.0. The maximum Gasteiger partial charge on any atom is 0.293 e. The quantitative estimate of drug-likeness (QED) is 0.524. The molecule has 1 saturated heterocycles. The van der Waals surface area contributed by atoms with E-state index >= 15 is 0 Å². The van der Waals surface area contributed by atoms with Gasteiger partial charge in [-0.1, -0.05) is 11.6 Å². The second-order valence-corrected chi connectivity index (χ2v) is 7.12. The van der Waals surface area contributed by atoms with Gasteiger partial charge in [-0.15, -0.1) is 0 Å². The fraction of sp³-hybridized carbons (Fsp3) is 0.263. The zero-order valence-corrected chi connectivity index (χ0v) is 15.7. The van der Waals surface area contributed by atoms with Crippen LogP contribution in [0.5, 0.6) is 0 Å². The molecule has 1 amide bonds. The van der Waals surface area contributed by atoms with Crippen LogP contribution in [-0.4, -0.2) is 33.3 Å². The molecule has 0 spiro atoms. The van der Waals surface area contributed by atoms with Gasteiger partial charge in [0.1, 0.15) is 11.3 Å². The fourth-order valence-corrected chi connectivity index (χ4v) is 3.58. The molecule has 28 heavy (non-hydrogen) atoms. The van der Waals surface area contributed by atoms with Crippen molar-refractivity contribution in [1.82, 2.24) is 14.7 Å². The van der Waals surface area contributed by atoms with Gasteiger partial charge in [-0.2, -0.15) is 0 Å². The predicted octanol–water partition coefficient (Wildman–Crippen LogP) is 3.43. The highest BCUT2D eigenvalue weighted by molar-refractivity contribution is 6.30. The summed E-state index contributed by atoms with van der Waals surface area (Å²) >= 11 is 5.96. The number of nitrogens with one attached hydrogen (secondary N) is 1. The van der Waals surface area contributed by atoms with Crippen molar-refractivity contribution in [3.05, 3.63) is 69.1 Å². The molecule has 0 radical (unpaired) electrons. The van der Waals surface area contributed by atoms with Gasteiger partial charge in [-0.3, -0.25) is 14.9 Å². The van der Waals surface area contributed by atoms with Crippen LogP contribution in [0.3, 0.4) is 0 Å². The molecule has 0 unspecified atom stereocenters. The van der Waals surface area contributed by atoms with Crippen molar-refractivity contribution in [1.29, 1.82) is 0 Å². The molecule has 4 rings (SSSR count). The van der Waals surface area contributed by atoms with Gasteiger partial charge in [-0.25, -0.2) is 4.98 Å². The van der Waals surface area contributed by atoms with Gasteiger partial charge in [0.25, 0.3) is 11.6 Å². The summed E-state index contributed by atoms with van der Waals surface area (Å²) < 4.78 is 1.78. The Morgan fingerprint density at radius 3 is 2.75 bits per heavy atom. The van der Waals surface area contributed by atoms with Crippen LogP contribution in [0.4, 0.5) is 11.4 Å². The summed E-state index contributed by atoms with van der Waals surface area (Å²) in [7, 11) is 0. The molecule has 8 nitrogen and oxygen atoms in total. The van der Waals surface area contributed by atoms with Crippen molar-refractivity contribution in [2.75, 3.05) is 18.0 Å². The summed E-state index contributed by atoms with van der Waals surface area (Å²) in [4.78, 5) is 29.9. The third-order valence-corrected chi connectivity index (χ3v) is 5.00. The first-order chi connectivity index (χ1) is 13.5. The SMILES string of the molecule is O=C(NCc1cn2cc(Cl)ccc2n1)c1ccc(N2CCCC2)c([N+](=O)[O-])c1. The summed E-state index contributed by atoms with van der Waals surface area (Å²) in [6.45, 7) is 1.80. The average molecular weight is 400 g/mol. The van der Waals surface area contributed by atoms with E-state index in [1.807, 2.05) is 4.90 Å². The van der Waals surface area contributed by atoms with E-state index in [-0.39, 0.29) is 23.7 Å². The van der Waals surface area contributed by atoms with E-state index in [0.29, 0.717) is 16.4 Å². The van der Waals surface area contributed by atoms with Crippen LogP contribution >= 0.6 is 11.6 Å². The molecule has 144 valence electrons. The largest absolute Gasteiger partial charge is 0.366 e. The maximum absolute atomic E-state index is 12.5. The molecule has 1 aromatic carbocycles. The third-order valence-electron chi connectivity index (χ3n) is 4.78. The number of imidazole rings is 1. The number of nitro groups is 1. The van der Waals surface area contributed by atoms with Crippen molar-refractivity contribution in [3.8, 4) is 0 Å². The third kappa shape index (κ3) is 3.63. The van der Waals surface area contributed by atoms with Crippen molar-refractivity contribution in [2.24, 2.45) is 0 Å². The molecule has 9 heteroatoms. The number of fused-ring (bicyclic) bond motifs is 1. The van der Waals surface area contributed by atoms with Crippen molar-refractivity contribution < 1.29 is 9.72 Å². The topological polar surface area (TPSA) is 92.8 Å². The Morgan fingerprint density at radius 2 is 2.00 bits per heavy atom. The predicted molar refractivity (Wildman–Crippen MR) is 106 cm³/mol. The Labute approximate surface area is 165 Å². The van der Waals surface area contributed by atoms with E-state index in [4.69, 9.17) is 11.6 Å². The fourth-order valence-electron chi connectivity index (χ4n) is 3.41. The lowest BCUT2D eigenvalue weighted by atomic mass is 10.1. The molecule has 1 fully saturated rings. The molecule has 3 aromatic rings. The number of nitrogens with zero attached hydrogens (tertiary/aromatic N) is 4. The highest BCUT2D eigenvalue weighted by Crippen LogP contribution is 2.31. The minimum absolute atomic E-state index is 0.0445. The Morgan fingerprint density at radius 1 is 1.21 bits per heavy atom. The van der Waals surface area contributed by atoms with Gasteiger partial charge in [0.2, 0.25) is 0 Å². The second-order valence-electron chi connectivity index (χ2n) is 6.68. The number of pyridine rings is 1. The molecule has 0 aliphatic carbocycles. The minimum Gasteiger partial charge on any atom is -0.366 e. The molecule has 3 heterocycles. The van der Waals surface area contributed by atoms with Crippen LogP contribution < -0.4 is 10.2 Å². The monoisotopic (exact) mass is 399 g/mol. The Bertz CT molecular complexity index is 1060. The number of benzene rings is 1. The number of hydrogen-bond donors (Lipinski definition) is 1. The van der Waals surface area contributed by atoms with Crippen molar-refractivity contribution in [3.63, 3.8) is 0 Å². The number of anilines is 1. The van der Waals surface area contributed by atoms with Crippen molar-refractivity contribution in [2.45, 2.75) is 19.4 Å². The van der Waals surface area contributed by atoms with Crippen LogP contribution in [0.2, 0.25) is 5.02 Å². The van der Waals surface area contributed by atoms with E-state index in [1.54, 1.807) is 41.1 Å². The molecule has 1 aliphatic rings. The Hall–Kier alpha value is -3.13. The summed E-state index contributed by atoms with van der Waals surface area (Å²) in [5.41, 5.74) is 2.16. The smallest absolute Gasteiger partial charge is 0.293 e. The standard InChI is InChI=1S/C19H18ClN5O3/c20-14-4-6-18-22-15(12-24(18)11-14)10-21-19(26)13-3-5-16(17(9-13)25(27)28)23-7-1-2-8-23/h3-6,9,11-12H,1-2,7-8,10H2,(H,21,26). The second kappa shape index (κ2) is 7.47. The number of amides is 1. The summed E-state index contributed by atoms with van der Waals surface area (Å²) in [6, 6.07) is 8.15. The number of rotatable bonds is 5. The highest BCUT2D eigenvalue weighted by atomic mass is 35.5. The van der Waals surface area contributed by atoms with Gasteiger partial charge in [0.05, 0.1) is 22.2 Å². The van der Waals surface area contributed by atoms with Gasteiger partial charge < -0.3 is 14.6 Å². The van der Waals surface area contributed by atoms with E-state index in [0.717, 1.165) is 31.6 Å². The van der Waals surface area contributed by atoms with Crippen LogP contribution in [-0.2, 0) is 6.54 Å². The number of nitro benzene ring substituents is 1. The highest BCUT2D eigenvalue weighted by Gasteiger charge is 2.23.